The average Bonchev–Trinajstić information content (AvgIpc) is 2.71. The van der Waals surface area contributed by atoms with Crippen molar-refractivity contribution < 1.29 is 19.1 Å². The molecule has 0 spiro atoms. The minimum absolute atomic E-state index is 0.000910. The van der Waals surface area contributed by atoms with Crippen LogP contribution in [0.2, 0.25) is 0 Å². The first-order chi connectivity index (χ1) is 13.1. The van der Waals surface area contributed by atoms with Crippen LogP contribution in [-0.4, -0.2) is 50.1 Å². The molecule has 1 aromatic carbocycles. The molecular weight excluding hydrogens is 344 g/mol. The third kappa shape index (κ3) is 6.01. The molecule has 0 radical (unpaired) electrons. The summed E-state index contributed by atoms with van der Waals surface area (Å²) in [4.78, 5) is 26.2. The highest BCUT2D eigenvalue weighted by atomic mass is 16.5. The zero-order valence-corrected chi connectivity index (χ0v) is 16.3. The lowest BCUT2D eigenvalue weighted by atomic mass is 9.96. The van der Waals surface area contributed by atoms with Gasteiger partial charge in [0, 0.05) is 25.6 Å². The second-order valence-electron chi connectivity index (χ2n) is 6.71. The maximum Gasteiger partial charge on any atom is 0.260 e. The standard InChI is InChI=1S/C21H30N2O4/c1-4-6-16-7-8-18(19(14-16)26-3)27-15-20(24)23-12-9-17(10-13-23)21(25)22-11-5-2/h4,7-8,14,17H,1,5-6,9-13,15H2,2-3H3,(H,22,25). The van der Waals surface area contributed by atoms with E-state index in [1.807, 2.05) is 31.2 Å². The van der Waals surface area contributed by atoms with E-state index in [0.717, 1.165) is 18.4 Å². The normalized spacial score (nSPS) is 14.5. The third-order valence-corrected chi connectivity index (χ3v) is 4.73. The number of nitrogens with one attached hydrogen (secondary N) is 1. The molecule has 1 N–H and O–H groups in total. The van der Waals surface area contributed by atoms with E-state index in [-0.39, 0.29) is 24.3 Å². The first-order valence-corrected chi connectivity index (χ1v) is 9.55. The summed E-state index contributed by atoms with van der Waals surface area (Å²) in [5.74, 6) is 1.18. The molecule has 0 atom stereocenters. The van der Waals surface area contributed by atoms with Gasteiger partial charge in [-0.2, -0.15) is 0 Å². The van der Waals surface area contributed by atoms with Crippen molar-refractivity contribution in [3.63, 3.8) is 0 Å². The summed E-state index contributed by atoms with van der Waals surface area (Å²) in [7, 11) is 1.58. The summed E-state index contributed by atoms with van der Waals surface area (Å²) in [5.41, 5.74) is 1.07. The van der Waals surface area contributed by atoms with Gasteiger partial charge in [-0.05, 0) is 43.4 Å². The van der Waals surface area contributed by atoms with E-state index in [4.69, 9.17) is 9.47 Å². The van der Waals surface area contributed by atoms with E-state index in [1.54, 1.807) is 12.0 Å². The van der Waals surface area contributed by atoms with Gasteiger partial charge in [0.1, 0.15) is 0 Å². The lowest BCUT2D eigenvalue weighted by Gasteiger charge is -2.31. The molecule has 2 amide bonds. The smallest absolute Gasteiger partial charge is 0.260 e. The zero-order valence-electron chi connectivity index (χ0n) is 16.3. The van der Waals surface area contributed by atoms with E-state index >= 15 is 0 Å². The van der Waals surface area contributed by atoms with Crippen molar-refractivity contribution in [3.8, 4) is 11.5 Å². The Bertz CT molecular complexity index is 652. The second-order valence-corrected chi connectivity index (χ2v) is 6.71. The van der Waals surface area contributed by atoms with Crippen LogP contribution in [0.1, 0.15) is 31.7 Å². The first kappa shape index (κ1) is 20.8. The largest absolute Gasteiger partial charge is 0.493 e. The number of ether oxygens (including phenoxy) is 2. The molecular formula is C21H30N2O4. The predicted octanol–water partition coefficient (Wildman–Crippen LogP) is 2.57. The predicted molar refractivity (Wildman–Crippen MR) is 105 cm³/mol. The highest BCUT2D eigenvalue weighted by molar-refractivity contribution is 5.80. The highest BCUT2D eigenvalue weighted by Crippen LogP contribution is 2.28. The Labute approximate surface area is 161 Å². The Morgan fingerprint density at radius 3 is 2.67 bits per heavy atom. The van der Waals surface area contributed by atoms with E-state index in [9.17, 15) is 9.59 Å². The van der Waals surface area contributed by atoms with Crippen LogP contribution in [-0.2, 0) is 16.0 Å². The number of hydrogen-bond acceptors (Lipinski definition) is 4. The van der Waals surface area contributed by atoms with Gasteiger partial charge >= 0.3 is 0 Å². The van der Waals surface area contributed by atoms with Gasteiger partial charge in [-0.1, -0.05) is 19.1 Å². The van der Waals surface area contributed by atoms with Crippen molar-refractivity contribution in [2.75, 3.05) is 33.4 Å². The second kappa shape index (κ2) is 10.6. The van der Waals surface area contributed by atoms with Crippen LogP contribution in [0.25, 0.3) is 0 Å². The van der Waals surface area contributed by atoms with Gasteiger partial charge in [-0.15, -0.1) is 6.58 Å². The van der Waals surface area contributed by atoms with Gasteiger partial charge in [-0.25, -0.2) is 0 Å². The zero-order chi connectivity index (χ0) is 19.6. The molecule has 0 bridgehead atoms. The quantitative estimate of drug-likeness (QED) is 0.675. The minimum Gasteiger partial charge on any atom is -0.493 e. The Balaban J connectivity index is 1.83. The summed E-state index contributed by atoms with van der Waals surface area (Å²) >= 11 is 0. The molecule has 0 aromatic heterocycles. The van der Waals surface area contributed by atoms with Crippen molar-refractivity contribution >= 4 is 11.8 Å². The van der Waals surface area contributed by atoms with Crippen molar-refractivity contribution in [3.05, 3.63) is 36.4 Å². The molecule has 6 heteroatoms. The minimum atomic E-state index is -0.0698. The molecule has 1 heterocycles. The number of piperidine rings is 1. The fraction of sp³-hybridized carbons (Fsp3) is 0.524. The van der Waals surface area contributed by atoms with Gasteiger partial charge < -0.3 is 19.7 Å². The Hall–Kier alpha value is -2.50. The number of hydrogen-bond donors (Lipinski definition) is 1. The fourth-order valence-corrected chi connectivity index (χ4v) is 3.14. The summed E-state index contributed by atoms with van der Waals surface area (Å²) in [6.45, 7) is 7.60. The van der Waals surface area contributed by atoms with Crippen LogP contribution in [0, 0.1) is 5.92 Å². The number of rotatable bonds is 9. The van der Waals surface area contributed by atoms with Gasteiger partial charge in [-0.3, -0.25) is 9.59 Å². The van der Waals surface area contributed by atoms with Gasteiger partial charge in [0.15, 0.2) is 18.1 Å². The summed E-state index contributed by atoms with van der Waals surface area (Å²) in [6, 6.07) is 5.64. The number of carbonyl (C=O) groups is 2. The first-order valence-electron chi connectivity index (χ1n) is 9.55. The number of benzene rings is 1. The SMILES string of the molecule is C=CCc1ccc(OCC(=O)N2CCC(C(=O)NCCC)CC2)c(OC)c1. The maximum atomic E-state index is 12.4. The number of amides is 2. The number of nitrogens with zero attached hydrogens (tertiary/aromatic N) is 1. The molecule has 27 heavy (non-hydrogen) atoms. The Morgan fingerprint density at radius 1 is 1.30 bits per heavy atom. The summed E-state index contributed by atoms with van der Waals surface area (Å²) in [5, 5.41) is 2.93. The van der Waals surface area contributed by atoms with Crippen LogP contribution in [0.15, 0.2) is 30.9 Å². The Kier molecular flexibility index (Phi) is 8.17. The number of methoxy groups -OCH3 is 1. The third-order valence-electron chi connectivity index (χ3n) is 4.73. The fourth-order valence-electron chi connectivity index (χ4n) is 3.14. The molecule has 1 aromatic rings. The van der Waals surface area contributed by atoms with Crippen LogP contribution >= 0.6 is 0 Å². The van der Waals surface area contributed by atoms with Crippen LogP contribution in [0.5, 0.6) is 11.5 Å². The van der Waals surface area contributed by atoms with E-state index in [2.05, 4.69) is 11.9 Å². The molecule has 0 aliphatic carbocycles. The van der Waals surface area contributed by atoms with Crippen molar-refractivity contribution in [2.45, 2.75) is 32.6 Å². The summed E-state index contributed by atoms with van der Waals surface area (Å²) in [6.07, 6.45) is 4.89. The molecule has 2 rings (SSSR count). The molecule has 1 aliphatic rings. The topological polar surface area (TPSA) is 67.9 Å². The maximum absolute atomic E-state index is 12.4. The number of likely N-dealkylation sites (tertiary alicyclic amines) is 1. The molecule has 148 valence electrons. The van der Waals surface area contributed by atoms with Crippen LogP contribution < -0.4 is 14.8 Å². The number of carbonyl (C=O) groups excluding carboxylic acids is 2. The van der Waals surface area contributed by atoms with Gasteiger partial charge in [0.05, 0.1) is 7.11 Å². The molecule has 1 saturated heterocycles. The van der Waals surface area contributed by atoms with Crippen LogP contribution in [0.3, 0.4) is 0 Å². The molecule has 0 saturated carbocycles. The molecule has 1 fully saturated rings. The number of allylic oxidation sites excluding steroid dienone is 1. The monoisotopic (exact) mass is 374 g/mol. The van der Waals surface area contributed by atoms with Gasteiger partial charge in [0.25, 0.3) is 5.91 Å². The van der Waals surface area contributed by atoms with Crippen molar-refractivity contribution in [1.29, 1.82) is 0 Å². The van der Waals surface area contributed by atoms with E-state index < -0.39 is 0 Å². The van der Waals surface area contributed by atoms with Crippen molar-refractivity contribution in [2.24, 2.45) is 5.92 Å². The van der Waals surface area contributed by atoms with E-state index in [1.165, 1.54) is 0 Å². The van der Waals surface area contributed by atoms with Gasteiger partial charge in [0.2, 0.25) is 5.91 Å². The average molecular weight is 374 g/mol. The lowest BCUT2D eigenvalue weighted by molar-refractivity contribution is -0.137. The molecule has 0 unspecified atom stereocenters. The highest BCUT2D eigenvalue weighted by Gasteiger charge is 2.27. The lowest BCUT2D eigenvalue weighted by Crippen LogP contribution is -2.44. The molecule has 6 nitrogen and oxygen atoms in total. The molecule has 1 aliphatic heterocycles. The van der Waals surface area contributed by atoms with E-state index in [0.29, 0.717) is 44.0 Å². The van der Waals surface area contributed by atoms with Crippen molar-refractivity contribution in [1.82, 2.24) is 10.2 Å². The van der Waals surface area contributed by atoms with Crippen LogP contribution in [0.4, 0.5) is 0 Å². The Morgan fingerprint density at radius 2 is 2.04 bits per heavy atom. The summed E-state index contributed by atoms with van der Waals surface area (Å²) < 4.78 is 11.0.